The van der Waals surface area contributed by atoms with E-state index in [0.717, 1.165) is 12.3 Å². The average molecular weight is 185 g/mol. The Morgan fingerprint density at radius 2 is 2.08 bits per heavy atom. The van der Waals surface area contributed by atoms with Crippen molar-refractivity contribution in [3.05, 3.63) is 25.5 Å². The Morgan fingerprint density at radius 1 is 1.38 bits per heavy atom. The highest BCUT2D eigenvalue weighted by molar-refractivity contribution is 5.86. The number of carbonyl (C=O) groups is 2. The van der Waals surface area contributed by atoms with Crippen LogP contribution in [-0.2, 0) is 14.3 Å². The van der Waals surface area contributed by atoms with Crippen LogP contribution in [0.2, 0.25) is 0 Å². The Morgan fingerprint density at radius 3 is 2.62 bits per heavy atom. The van der Waals surface area contributed by atoms with E-state index in [1.807, 2.05) is 0 Å². The predicted molar refractivity (Wildman–Crippen MR) is 45.8 cm³/mol. The molecule has 0 saturated heterocycles. The molecule has 0 aliphatic carbocycles. The maximum absolute atomic E-state index is 10.6. The molecule has 0 aromatic heterocycles. The molecule has 0 rings (SSSR count). The van der Waals surface area contributed by atoms with Crippen molar-refractivity contribution in [2.75, 3.05) is 13.2 Å². The van der Waals surface area contributed by atoms with Gasteiger partial charge >= 0.3 is 6.16 Å². The molecule has 1 amide bonds. The number of carbonyl (C=O) groups excluding carboxylic acids is 2. The minimum Gasteiger partial charge on any atom is -0.432 e. The lowest BCUT2D eigenvalue weighted by Crippen LogP contribution is -2.26. The Labute approximate surface area is 76.0 Å². The van der Waals surface area contributed by atoms with E-state index in [2.05, 4.69) is 27.9 Å². The molecule has 0 aliphatic rings. The summed E-state index contributed by atoms with van der Waals surface area (Å²) >= 11 is 0. The smallest absolute Gasteiger partial charge is 0.432 e. The van der Waals surface area contributed by atoms with E-state index in [4.69, 9.17) is 0 Å². The van der Waals surface area contributed by atoms with Crippen LogP contribution in [0.1, 0.15) is 0 Å². The molecule has 0 aromatic carbocycles. The van der Waals surface area contributed by atoms with Crippen LogP contribution in [0.3, 0.4) is 0 Å². The van der Waals surface area contributed by atoms with Crippen molar-refractivity contribution in [1.82, 2.24) is 5.32 Å². The number of ether oxygens (including phenoxy) is 2. The van der Waals surface area contributed by atoms with Crippen LogP contribution in [0.5, 0.6) is 0 Å². The molecule has 0 aliphatic heterocycles. The van der Waals surface area contributed by atoms with E-state index in [9.17, 15) is 9.59 Å². The van der Waals surface area contributed by atoms with Gasteiger partial charge in [-0.1, -0.05) is 13.2 Å². The van der Waals surface area contributed by atoms with Crippen molar-refractivity contribution in [2.24, 2.45) is 0 Å². The Bertz CT molecular complexity index is 212. The standard InChI is InChI=1S/C8H11NO4/c1-3-7(10)9-5-6-13-8(11)12-4-2/h3-4H,1-2,5-6H2,(H,9,10). The summed E-state index contributed by atoms with van der Waals surface area (Å²) in [5, 5.41) is 2.41. The van der Waals surface area contributed by atoms with Crippen molar-refractivity contribution in [2.45, 2.75) is 0 Å². The lowest BCUT2D eigenvalue weighted by atomic mass is 10.5. The number of hydrogen-bond acceptors (Lipinski definition) is 4. The van der Waals surface area contributed by atoms with Crippen molar-refractivity contribution >= 4 is 12.1 Å². The quantitative estimate of drug-likeness (QED) is 0.294. The summed E-state index contributed by atoms with van der Waals surface area (Å²) < 4.78 is 8.74. The Kier molecular flexibility index (Phi) is 5.96. The molecule has 0 bridgehead atoms. The summed E-state index contributed by atoms with van der Waals surface area (Å²) in [6.45, 7) is 6.68. The number of hydrogen-bond donors (Lipinski definition) is 1. The molecule has 5 heteroatoms. The summed E-state index contributed by atoms with van der Waals surface area (Å²) in [6, 6.07) is 0. The van der Waals surface area contributed by atoms with Gasteiger partial charge in [-0.05, 0) is 6.08 Å². The second kappa shape index (κ2) is 6.90. The molecular formula is C8H11NO4. The van der Waals surface area contributed by atoms with Gasteiger partial charge in [-0.15, -0.1) is 0 Å². The van der Waals surface area contributed by atoms with Gasteiger partial charge in [0.05, 0.1) is 12.8 Å². The monoisotopic (exact) mass is 185 g/mol. The third kappa shape index (κ3) is 6.61. The zero-order chi connectivity index (χ0) is 10.1. The molecule has 0 aromatic rings. The third-order valence-corrected chi connectivity index (χ3v) is 0.986. The highest BCUT2D eigenvalue weighted by atomic mass is 16.7. The fourth-order valence-corrected chi connectivity index (χ4v) is 0.483. The van der Waals surface area contributed by atoms with Crippen LogP contribution in [-0.4, -0.2) is 25.2 Å². The van der Waals surface area contributed by atoms with Crippen LogP contribution in [0.4, 0.5) is 4.79 Å². The number of amides is 1. The first-order chi connectivity index (χ1) is 6.20. The van der Waals surface area contributed by atoms with Crippen molar-refractivity contribution in [3.8, 4) is 0 Å². The van der Waals surface area contributed by atoms with Crippen LogP contribution in [0, 0.1) is 0 Å². The summed E-state index contributed by atoms with van der Waals surface area (Å²) in [5.41, 5.74) is 0. The van der Waals surface area contributed by atoms with Gasteiger partial charge in [0.1, 0.15) is 6.61 Å². The van der Waals surface area contributed by atoms with Crippen LogP contribution in [0.25, 0.3) is 0 Å². The van der Waals surface area contributed by atoms with Crippen LogP contribution in [0.15, 0.2) is 25.5 Å². The van der Waals surface area contributed by atoms with E-state index in [0.29, 0.717) is 0 Å². The van der Waals surface area contributed by atoms with Crippen molar-refractivity contribution in [3.63, 3.8) is 0 Å². The van der Waals surface area contributed by atoms with Crippen LogP contribution >= 0.6 is 0 Å². The first-order valence-corrected chi connectivity index (χ1v) is 3.55. The first kappa shape index (κ1) is 11.2. The molecule has 0 unspecified atom stereocenters. The second-order valence-corrected chi connectivity index (χ2v) is 1.88. The van der Waals surface area contributed by atoms with Gasteiger partial charge in [0.25, 0.3) is 0 Å². The predicted octanol–water partition coefficient (Wildman–Crippen LogP) is 0.585. The molecule has 0 radical (unpaired) electrons. The average Bonchev–Trinajstić information content (AvgIpc) is 2.12. The molecule has 0 spiro atoms. The molecule has 0 saturated carbocycles. The molecule has 0 heterocycles. The maximum Gasteiger partial charge on any atom is 0.513 e. The van der Waals surface area contributed by atoms with E-state index in [-0.39, 0.29) is 19.1 Å². The molecule has 1 N–H and O–H groups in total. The van der Waals surface area contributed by atoms with E-state index < -0.39 is 6.16 Å². The molecule has 72 valence electrons. The van der Waals surface area contributed by atoms with Gasteiger partial charge in [0.15, 0.2) is 0 Å². The maximum atomic E-state index is 10.6. The highest BCUT2D eigenvalue weighted by Gasteiger charge is 2.00. The van der Waals surface area contributed by atoms with Gasteiger partial charge in [0, 0.05) is 0 Å². The highest BCUT2D eigenvalue weighted by Crippen LogP contribution is 1.83. The summed E-state index contributed by atoms with van der Waals surface area (Å²) in [5.74, 6) is -0.319. The topological polar surface area (TPSA) is 64.6 Å². The number of rotatable bonds is 5. The zero-order valence-electron chi connectivity index (χ0n) is 7.12. The van der Waals surface area contributed by atoms with Gasteiger partial charge in [-0.2, -0.15) is 0 Å². The SMILES string of the molecule is C=COC(=O)OCCNC(=O)C=C. The lowest BCUT2D eigenvalue weighted by molar-refractivity contribution is -0.116. The molecule has 0 atom stereocenters. The molecule has 0 fully saturated rings. The fourth-order valence-electron chi connectivity index (χ4n) is 0.483. The van der Waals surface area contributed by atoms with Gasteiger partial charge in [0.2, 0.25) is 5.91 Å². The van der Waals surface area contributed by atoms with Gasteiger partial charge in [-0.25, -0.2) is 4.79 Å². The Hall–Kier alpha value is -1.78. The number of nitrogens with one attached hydrogen (secondary N) is 1. The van der Waals surface area contributed by atoms with Gasteiger partial charge < -0.3 is 14.8 Å². The van der Waals surface area contributed by atoms with E-state index >= 15 is 0 Å². The van der Waals surface area contributed by atoms with Crippen molar-refractivity contribution < 1.29 is 19.1 Å². The van der Waals surface area contributed by atoms with Crippen molar-refractivity contribution in [1.29, 1.82) is 0 Å². The van der Waals surface area contributed by atoms with E-state index in [1.54, 1.807) is 0 Å². The van der Waals surface area contributed by atoms with Gasteiger partial charge in [-0.3, -0.25) is 4.79 Å². The van der Waals surface area contributed by atoms with Crippen LogP contribution < -0.4 is 5.32 Å². The third-order valence-electron chi connectivity index (χ3n) is 0.986. The zero-order valence-corrected chi connectivity index (χ0v) is 7.12. The molecular weight excluding hydrogens is 174 g/mol. The summed E-state index contributed by atoms with van der Waals surface area (Å²) in [6.07, 6.45) is 1.25. The first-order valence-electron chi connectivity index (χ1n) is 3.55. The fraction of sp³-hybridized carbons (Fsp3) is 0.250. The Balaban J connectivity index is 3.35. The minimum absolute atomic E-state index is 0.0479. The summed E-state index contributed by atoms with van der Waals surface area (Å²) in [7, 11) is 0. The lowest BCUT2D eigenvalue weighted by Gasteiger charge is -2.02. The molecule has 5 nitrogen and oxygen atoms in total. The molecule has 13 heavy (non-hydrogen) atoms. The second-order valence-electron chi connectivity index (χ2n) is 1.88. The van der Waals surface area contributed by atoms with E-state index in [1.165, 1.54) is 0 Å². The normalized spacial score (nSPS) is 8.31. The largest absolute Gasteiger partial charge is 0.513 e. The summed E-state index contributed by atoms with van der Waals surface area (Å²) in [4.78, 5) is 21.1. The minimum atomic E-state index is -0.845.